The van der Waals surface area contributed by atoms with E-state index in [4.69, 9.17) is 4.74 Å². The molecule has 0 bridgehead atoms. The van der Waals surface area contributed by atoms with Crippen molar-refractivity contribution in [1.82, 2.24) is 9.78 Å². The maximum atomic E-state index is 12.5. The molecule has 1 aromatic heterocycles. The summed E-state index contributed by atoms with van der Waals surface area (Å²) < 4.78 is 48.6. The zero-order valence-corrected chi connectivity index (χ0v) is 10.9. The van der Waals surface area contributed by atoms with Crippen molar-refractivity contribution in [2.24, 2.45) is 0 Å². The quantitative estimate of drug-likeness (QED) is 0.815. The van der Waals surface area contributed by atoms with E-state index in [9.17, 15) is 18.0 Å². The number of hydrogen-bond donors (Lipinski definition) is 0. The number of esters is 1. The molecule has 0 aliphatic rings. The molecular weight excluding hydrogens is 289 g/mol. The van der Waals surface area contributed by atoms with Gasteiger partial charge >= 0.3 is 12.1 Å². The normalized spacial score (nSPS) is 11.2. The van der Waals surface area contributed by atoms with Crippen molar-refractivity contribution in [3.8, 4) is 5.75 Å². The van der Waals surface area contributed by atoms with Crippen LogP contribution in [0.4, 0.5) is 13.2 Å². The Morgan fingerprint density at radius 2 is 2.10 bits per heavy atom. The monoisotopic (exact) mass is 300 g/mol. The lowest BCUT2D eigenvalue weighted by atomic mass is 10.2. The minimum Gasteiger partial charge on any atom is -0.471 e. The topological polar surface area (TPSA) is 53.4 Å². The van der Waals surface area contributed by atoms with Gasteiger partial charge in [-0.15, -0.1) is 0 Å². The van der Waals surface area contributed by atoms with E-state index in [1.54, 1.807) is 0 Å². The van der Waals surface area contributed by atoms with Crippen LogP contribution in [0.5, 0.6) is 5.75 Å². The highest BCUT2D eigenvalue weighted by atomic mass is 19.4. The molecule has 0 unspecified atom stereocenters. The predicted octanol–water partition coefficient (Wildman–Crippen LogP) is 2.73. The van der Waals surface area contributed by atoms with Gasteiger partial charge in [-0.1, -0.05) is 6.07 Å². The molecule has 5 nitrogen and oxygen atoms in total. The first kappa shape index (κ1) is 14.9. The molecule has 112 valence electrons. The van der Waals surface area contributed by atoms with Crippen LogP contribution in [0.1, 0.15) is 16.1 Å². The highest BCUT2D eigenvalue weighted by molar-refractivity contribution is 5.86. The Balaban J connectivity index is 2.03. The molecule has 0 aliphatic heterocycles. The average molecular weight is 300 g/mol. The first-order chi connectivity index (χ1) is 9.90. The van der Waals surface area contributed by atoms with Crippen LogP contribution in [0, 0.1) is 0 Å². The molecule has 2 aromatic rings. The number of methoxy groups -OCH3 is 1. The number of carbonyl (C=O) groups is 1. The van der Waals surface area contributed by atoms with E-state index < -0.39 is 17.7 Å². The number of alkyl halides is 3. The van der Waals surface area contributed by atoms with Crippen molar-refractivity contribution in [3.63, 3.8) is 0 Å². The zero-order chi connectivity index (χ0) is 15.5. The van der Waals surface area contributed by atoms with Crippen LogP contribution >= 0.6 is 0 Å². The maximum absolute atomic E-state index is 12.5. The molecule has 1 aromatic carbocycles. The molecule has 2 rings (SSSR count). The fourth-order valence-electron chi connectivity index (χ4n) is 1.55. The molecule has 0 spiro atoms. The molecule has 0 amide bonds. The molecule has 21 heavy (non-hydrogen) atoms. The van der Waals surface area contributed by atoms with Crippen LogP contribution in [-0.4, -0.2) is 22.9 Å². The van der Waals surface area contributed by atoms with Gasteiger partial charge < -0.3 is 9.47 Å². The van der Waals surface area contributed by atoms with Crippen LogP contribution < -0.4 is 4.74 Å². The van der Waals surface area contributed by atoms with Crippen molar-refractivity contribution >= 4 is 5.97 Å². The smallest absolute Gasteiger partial charge is 0.416 e. The largest absolute Gasteiger partial charge is 0.471 e. The second kappa shape index (κ2) is 5.86. The lowest BCUT2D eigenvalue weighted by molar-refractivity contribution is -0.137. The van der Waals surface area contributed by atoms with Crippen molar-refractivity contribution in [2.45, 2.75) is 12.9 Å². The fraction of sp³-hybridized carbons (Fsp3) is 0.231. The first-order valence-electron chi connectivity index (χ1n) is 5.82. The van der Waals surface area contributed by atoms with Gasteiger partial charge in [0.25, 0.3) is 0 Å². The third-order valence-corrected chi connectivity index (χ3v) is 2.56. The van der Waals surface area contributed by atoms with Crippen molar-refractivity contribution in [1.29, 1.82) is 0 Å². The second-order valence-corrected chi connectivity index (χ2v) is 4.03. The van der Waals surface area contributed by atoms with Crippen LogP contribution in [0.25, 0.3) is 0 Å². The average Bonchev–Trinajstić information content (AvgIpc) is 2.92. The molecule has 0 saturated heterocycles. The molecule has 0 atom stereocenters. The Labute approximate surface area is 117 Å². The molecule has 0 N–H and O–H groups in total. The van der Waals surface area contributed by atoms with Crippen LogP contribution in [-0.2, 0) is 17.6 Å². The van der Waals surface area contributed by atoms with Gasteiger partial charge in [0.15, 0.2) is 12.4 Å². The minimum absolute atomic E-state index is 0.0555. The van der Waals surface area contributed by atoms with E-state index in [1.165, 1.54) is 36.2 Å². The van der Waals surface area contributed by atoms with Gasteiger partial charge in [-0.25, -0.2) is 9.48 Å². The molecule has 0 aliphatic carbocycles. The summed E-state index contributed by atoms with van der Waals surface area (Å²) in [5.41, 5.74) is -0.708. The minimum atomic E-state index is -4.43. The third-order valence-electron chi connectivity index (χ3n) is 2.56. The number of benzene rings is 1. The van der Waals surface area contributed by atoms with Gasteiger partial charge in [-0.3, -0.25) is 0 Å². The third kappa shape index (κ3) is 3.74. The van der Waals surface area contributed by atoms with E-state index in [0.717, 1.165) is 12.1 Å². The van der Waals surface area contributed by atoms with Crippen molar-refractivity contribution in [2.75, 3.05) is 7.11 Å². The fourth-order valence-corrected chi connectivity index (χ4v) is 1.55. The van der Waals surface area contributed by atoms with Crippen LogP contribution in [0.3, 0.4) is 0 Å². The summed E-state index contributed by atoms with van der Waals surface area (Å²) in [6, 6.07) is 5.92. The van der Waals surface area contributed by atoms with E-state index in [-0.39, 0.29) is 18.2 Å². The van der Waals surface area contributed by atoms with Crippen molar-refractivity contribution in [3.05, 3.63) is 47.8 Å². The summed E-state index contributed by atoms with van der Waals surface area (Å²) in [5.74, 6) is -0.548. The van der Waals surface area contributed by atoms with E-state index in [2.05, 4.69) is 9.84 Å². The predicted molar refractivity (Wildman–Crippen MR) is 65.6 cm³/mol. The van der Waals surface area contributed by atoms with Gasteiger partial charge in [0.2, 0.25) is 0 Å². The molecule has 8 heteroatoms. The van der Waals surface area contributed by atoms with Crippen molar-refractivity contribution < 1.29 is 27.4 Å². The Hall–Kier alpha value is -2.51. The number of nitrogens with zero attached hydrogens (tertiary/aromatic N) is 2. The summed E-state index contributed by atoms with van der Waals surface area (Å²) in [6.07, 6.45) is -2.97. The highest BCUT2D eigenvalue weighted by Crippen LogP contribution is 2.31. The number of carbonyl (C=O) groups excluding carboxylic acids is 1. The molecule has 0 radical (unpaired) electrons. The Kier molecular flexibility index (Phi) is 4.15. The Bertz CT molecular complexity index is 638. The molecular formula is C13H11F3N2O3. The van der Waals surface area contributed by atoms with E-state index in [1.807, 2.05) is 0 Å². The summed E-state index contributed by atoms with van der Waals surface area (Å²) in [4.78, 5) is 11.2. The van der Waals surface area contributed by atoms with E-state index in [0.29, 0.717) is 0 Å². The second-order valence-electron chi connectivity index (χ2n) is 4.03. The SMILES string of the molecule is COC(=O)c1ccn(COc2cccc(C(F)(F)F)c2)n1. The number of rotatable bonds is 4. The number of halogens is 3. The summed E-state index contributed by atoms with van der Waals surface area (Å²) >= 11 is 0. The van der Waals surface area contributed by atoms with Gasteiger partial charge in [-0.2, -0.15) is 18.3 Å². The standard InChI is InChI=1S/C13H11F3N2O3/c1-20-12(19)11-5-6-18(17-11)8-21-10-4-2-3-9(7-10)13(14,15)16/h2-7H,8H2,1H3. The van der Waals surface area contributed by atoms with Gasteiger partial charge in [-0.05, 0) is 24.3 Å². The zero-order valence-electron chi connectivity index (χ0n) is 10.9. The lowest BCUT2D eigenvalue weighted by Gasteiger charge is -2.10. The molecule has 1 heterocycles. The molecule has 0 fully saturated rings. The Morgan fingerprint density at radius 1 is 1.33 bits per heavy atom. The summed E-state index contributed by atoms with van der Waals surface area (Å²) in [6.45, 7) is -0.127. The number of aromatic nitrogens is 2. The lowest BCUT2D eigenvalue weighted by Crippen LogP contribution is -2.09. The van der Waals surface area contributed by atoms with Crippen LogP contribution in [0.2, 0.25) is 0 Å². The molecule has 0 saturated carbocycles. The summed E-state index contributed by atoms with van der Waals surface area (Å²) in [5, 5.41) is 3.86. The highest BCUT2D eigenvalue weighted by Gasteiger charge is 2.30. The Morgan fingerprint density at radius 3 is 2.76 bits per heavy atom. The van der Waals surface area contributed by atoms with E-state index >= 15 is 0 Å². The van der Waals surface area contributed by atoms with Gasteiger partial charge in [0, 0.05) is 6.20 Å². The van der Waals surface area contributed by atoms with Gasteiger partial charge in [0.05, 0.1) is 12.7 Å². The number of ether oxygens (including phenoxy) is 2. The van der Waals surface area contributed by atoms with Crippen LogP contribution in [0.15, 0.2) is 36.5 Å². The number of hydrogen-bond acceptors (Lipinski definition) is 4. The summed E-state index contributed by atoms with van der Waals surface area (Å²) in [7, 11) is 1.22. The van der Waals surface area contributed by atoms with Gasteiger partial charge in [0.1, 0.15) is 5.75 Å². The first-order valence-corrected chi connectivity index (χ1v) is 5.82. The maximum Gasteiger partial charge on any atom is 0.416 e.